The third-order valence-corrected chi connectivity index (χ3v) is 5.74. The Hall–Kier alpha value is 0.270. The van der Waals surface area contributed by atoms with E-state index in [9.17, 15) is 0 Å². The largest absolute Gasteiger partial charge is 0.303 e. The first kappa shape index (κ1) is 15.7. The topological polar surface area (TPSA) is 6.48 Å². The molecule has 0 saturated carbocycles. The summed E-state index contributed by atoms with van der Waals surface area (Å²) in [6, 6.07) is 0. The predicted molar refractivity (Wildman–Crippen MR) is 86.4 cm³/mol. The maximum Gasteiger partial charge on any atom is 0.00923 e. The van der Waals surface area contributed by atoms with Crippen molar-refractivity contribution in [3.05, 3.63) is 0 Å². The Morgan fingerprint density at radius 1 is 0.947 bits per heavy atom. The molecule has 19 heavy (non-hydrogen) atoms. The molecule has 0 bridgehead atoms. The van der Waals surface area contributed by atoms with E-state index in [4.69, 9.17) is 0 Å². The summed E-state index contributed by atoms with van der Waals surface area (Å²) < 4.78 is 2.52. The number of hydrogen-bond donors (Lipinski definition) is 0. The highest BCUT2D eigenvalue weighted by atomic mass is 32.2. The highest BCUT2D eigenvalue weighted by Crippen LogP contribution is 2.27. The number of hydrogen-bond acceptors (Lipinski definition) is 3. The molecule has 2 aliphatic rings. The molecule has 0 aromatic rings. The van der Waals surface area contributed by atoms with E-state index >= 15 is 0 Å². The molecule has 112 valence electrons. The van der Waals surface area contributed by atoms with Gasteiger partial charge in [-0.1, -0.05) is 25.8 Å². The maximum absolute atomic E-state index is 2.75. The zero-order chi connectivity index (χ0) is 13.7. The van der Waals surface area contributed by atoms with Crippen LogP contribution in [0.25, 0.3) is 0 Å². The molecule has 2 rings (SSSR count). The fourth-order valence-electron chi connectivity index (χ4n) is 3.71. The summed E-state index contributed by atoms with van der Waals surface area (Å²) in [5.74, 6) is 2.85. The zero-order valence-corrected chi connectivity index (χ0v) is 13.9. The van der Waals surface area contributed by atoms with Gasteiger partial charge in [-0.2, -0.15) is 0 Å². The van der Waals surface area contributed by atoms with Crippen LogP contribution in [0.3, 0.4) is 0 Å². The van der Waals surface area contributed by atoms with E-state index in [1.165, 1.54) is 64.8 Å². The lowest BCUT2D eigenvalue weighted by Crippen LogP contribution is -2.40. The quantitative estimate of drug-likeness (QED) is 0.710. The molecule has 0 spiro atoms. The number of piperidine rings is 2. The Labute approximate surface area is 124 Å². The standard InChI is InChI=1S/C16H32N2S/c1-14(2)12-15-4-8-17(9-5-15)13-16-6-10-18(19-3)11-7-16/h14-16H,4-13H2,1-3H3. The second-order valence-corrected chi connectivity index (χ2v) is 7.81. The first-order valence-corrected chi connectivity index (χ1v) is 9.37. The molecule has 2 aliphatic heterocycles. The molecule has 0 amide bonds. The molecule has 0 unspecified atom stereocenters. The van der Waals surface area contributed by atoms with E-state index in [0.29, 0.717) is 0 Å². The lowest BCUT2D eigenvalue weighted by molar-refractivity contribution is 0.132. The van der Waals surface area contributed by atoms with Crippen LogP contribution in [0.4, 0.5) is 0 Å². The van der Waals surface area contributed by atoms with Gasteiger partial charge in [0.05, 0.1) is 0 Å². The average Bonchev–Trinajstić information content (AvgIpc) is 2.41. The Morgan fingerprint density at radius 3 is 2.05 bits per heavy atom. The van der Waals surface area contributed by atoms with Crippen molar-refractivity contribution in [1.82, 2.24) is 9.21 Å². The molecule has 0 aromatic heterocycles. The fraction of sp³-hybridized carbons (Fsp3) is 1.00. The highest BCUT2D eigenvalue weighted by Gasteiger charge is 2.24. The highest BCUT2D eigenvalue weighted by molar-refractivity contribution is 7.96. The van der Waals surface area contributed by atoms with Crippen LogP contribution >= 0.6 is 11.9 Å². The summed E-state index contributed by atoms with van der Waals surface area (Å²) >= 11 is 1.92. The Kier molecular flexibility index (Phi) is 6.51. The van der Waals surface area contributed by atoms with E-state index in [0.717, 1.165) is 17.8 Å². The van der Waals surface area contributed by atoms with Gasteiger partial charge in [-0.3, -0.25) is 4.31 Å². The van der Waals surface area contributed by atoms with Crippen molar-refractivity contribution in [2.45, 2.75) is 46.0 Å². The molecule has 2 heterocycles. The second kappa shape index (κ2) is 7.90. The van der Waals surface area contributed by atoms with Crippen LogP contribution in [0.15, 0.2) is 0 Å². The van der Waals surface area contributed by atoms with E-state index in [1.807, 2.05) is 11.9 Å². The molecular weight excluding hydrogens is 252 g/mol. The molecular formula is C16H32N2S. The van der Waals surface area contributed by atoms with Crippen LogP contribution in [0.1, 0.15) is 46.0 Å². The van der Waals surface area contributed by atoms with Crippen molar-refractivity contribution in [3.8, 4) is 0 Å². The minimum absolute atomic E-state index is 0.882. The van der Waals surface area contributed by atoms with Gasteiger partial charge in [0.25, 0.3) is 0 Å². The minimum atomic E-state index is 0.882. The van der Waals surface area contributed by atoms with Crippen molar-refractivity contribution in [2.24, 2.45) is 17.8 Å². The molecule has 0 aromatic carbocycles. The summed E-state index contributed by atoms with van der Waals surface area (Å²) in [5, 5.41) is 0. The summed E-state index contributed by atoms with van der Waals surface area (Å²) in [7, 11) is 0. The predicted octanol–water partition coefficient (Wildman–Crippen LogP) is 3.73. The van der Waals surface area contributed by atoms with Crippen molar-refractivity contribution < 1.29 is 0 Å². The molecule has 2 saturated heterocycles. The maximum atomic E-state index is 2.75. The van der Waals surface area contributed by atoms with Gasteiger partial charge < -0.3 is 4.90 Å². The van der Waals surface area contributed by atoms with Crippen molar-refractivity contribution in [3.63, 3.8) is 0 Å². The van der Waals surface area contributed by atoms with Crippen LogP contribution < -0.4 is 0 Å². The molecule has 2 fully saturated rings. The van der Waals surface area contributed by atoms with Gasteiger partial charge in [-0.25, -0.2) is 0 Å². The van der Waals surface area contributed by atoms with Crippen molar-refractivity contribution in [1.29, 1.82) is 0 Å². The van der Waals surface area contributed by atoms with Crippen molar-refractivity contribution in [2.75, 3.05) is 39.0 Å². The number of rotatable bonds is 5. The van der Waals surface area contributed by atoms with Crippen LogP contribution in [-0.4, -0.2) is 48.2 Å². The first-order valence-electron chi connectivity index (χ1n) is 8.18. The molecule has 0 aliphatic carbocycles. The van der Waals surface area contributed by atoms with Gasteiger partial charge in [0.1, 0.15) is 0 Å². The van der Waals surface area contributed by atoms with Crippen LogP contribution in [-0.2, 0) is 0 Å². The minimum Gasteiger partial charge on any atom is -0.303 e. The average molecular weight is 285 g/mol. The third kappa shape index (κ3) is 5.28. The van der Waals surface area contributed by atoms with E-state index in [2.05, 4.69) is 29.3 Å². The monoisotopic (exact) mass is 284 g/mol. The smallest absolute Gasteiger partial charge is 0.00923 e. The van der Waals surface area contributed by atoms with E-state index in [-0.39, 0.29) is 0 Å². The molecule has 2 nitrogen and oxygen atoms in total. The summed E-state index contributed by atoms with van der Waals surface area (Å²) in [6.45, 7) is 11.4. The van der Waals surface area contributed by atoms with Crippen LogP contribution in [0.5, 0.6) is 0 Å². The summed E-state index contributed by atoms with van der Waals surface area (Å²) in [4.78, 5) is 2.75. The lowest BCUT2D eigenvalue weighted by atomic mass is 9.88. The van der Waals surface area contributed by atoms with Gasteiger partial charge in [0.15, 0.2) is 0 Å². The van der Waals surface area contributed by atoms with Gasteiger partial charge in [-0.05, 0) is 69.2 Å². The van der Waals surface area contributed by atoms with Crippen LogP contribution in [0, 0.1) is 17.8 Å². The SMILES string of the molecule is CSN1CCC(CN2CCC(CC(C)C)CC2)CC1. The number of likely N-dealkylation sites (tertiary alicyclic amines) is 1. The molecule has 0 radical (unpaired) electrons. The van der Waals surface area contributed by atoms with Crippen LogP contribution in [0.2, 0.25) is 0 Å². The Morgan fingerprint density at radius 2 is 1.53 bits per heavy atom. The molecule has 3 heteroatoms. The summed E-state index contributed by atoms with van der Waals surface area (Å²) in [5.41, 5.74) is 0. The van der Waals surface area contributed by atoms with Gasteiger partial charge in [0.2, 0.25) is 0 Å². The van der Waals surface area contributed by atoms with Gasteiger partial charge in [0, 0.05) is 19.6 Å². The van der Waals surface area contributed by atoms with Gasteiger partial charge in [-0.15, -0.1) is 0 Å². The van der Waals surface area contributed by atoms with E-state index in [1.54, 1.807) is 0 Å². The first-order chi connectivity index (χ1) is 9.17. The Balaban J connectivity index is 1.63. The molecule has 0 N–H and O–H groups in total. The normalized spacial score (nSPS) is 25.3. The van der Waals surface area contributed by atoms with Crippen molar-refractivity contribution >= 4 is 11.9 Å². The Bertz CT molecular complexity index is 241. The van der Waals surface area contributed by atoms with E-state index < -0.39 is 0 Å². The zero-order valence-electron chi connectivity index (χ0n) is 13.1. The number of nitrogens with zero attached hydrogens (tertiary/aromatic N) is 2. The second-order valence-electron chi connectivity index (χ2n) is 6.93. The fourth-order valence-corrected chi connectivity index (χ4v) is 4.29. The molecule has 0 atom stereocenters. The lowest BCUT2D eigenvalue weighted by Gasteiger charge is -2.37. The van der Waals surface area contributed by atoms with Gasteiger partial charge >= 0.3 is 0 Å². The summed E-state index contributed by atoms with van der Waals surface area (Å²) in [6.07, 6.45) is 9.36. The third-order valence-electron chi connectivity index (χ3n) is 4.86.